The summed E-state index contributed by atoms with van der Waals surface area (Å²) in [5.74, 6) is -0.868. The number of sulfonamides is 1. The van der Waals surface area contributed by atoms with E-state index in [0.29, 0.717) is 24.2 Å². The summed E-state index contributed by atoms with van der Waals surface area (Å²) in [6.07, 6.45) is 1.40. The van der Waals surface area contributed by atoms with Crippen molar-refractivity contribution in [2.45, 2.75) is 12.8 Å². The monoisotopic (exact) mass is 311 g/mol. The lowest BCUT2D eigenvalue weighted by Crippen LogP contribution is -2.42. The number of primary amides is 1. The standard InChI is InChI=1S/C13H17N3O4S/c14-13(18)10-3-5-11(6-4-10)15-12(17)9-16-7-1-2-8-21(16,19)20/h3-6H,1-2,7-9H2,(H2,14,18)(H,15,17). The van der Waals surface area contributed by atoms with Gasteiger partial charge in [-0.1, -0.05) is 0 Å². The predicted molar refractivity (Wildman–Crippen MR) is 78.2 cm³/mol. The molecule has 21 heavy (non-hydrogen) atoms. The van der Waals surface area contributed by atoms with Gasteiger partial charge in [0.15, 0.2) is 0 Å². The highest BCUT2D eigenvalue weighted by Gasteiger charge is 2.27. The summed E-state index contributed by atoms with van der Waals surface area (Å²) in [7, 11) is -3.32. The van der Waals surface area contributed by atoms with Gasteiger partial charge in [-0.25, -0.2) is 8.42 Å². The van der Waals surface area contributed by atoms with Crippen LogP contribution in [0.1, 0.15) is 23.2 Å². The van der Waals surface area contributed by atoms with Crippen molar-refractivity contribution in [1.82, 2.24) is 4.31 Å². The second kappa shape index (κ2) is 6.23. The summed E-state index contributed by atoms with van der Waals surface area (Å²) in [4.78, 5) is 22.8. The van der Waals surface area contributed by atoms with E-state index in [1.807, 2.05) is 0 Å². The van der Waals surface area contributed by atoms with Crippen LogP contribution in [0, 0.1) is 0 Å². The molecule has 0 bridgehead atoms. The van der Waals surface area contributed by atoms with E-state index in [2.05, 4.69) is 5.32 Å². The van der Waals surface area contributed by atoms with Crippen LogP contribution in [-0.2, 0) is 14.8 Å². The molecule has 0 radical (unpaired) electrons. The van der Waals surface area contributed by atoms with Crippen LogP contribution < -0.4 is 11.1 Å². The average molecular weight is 311 g/mol. The molecule has 114 valence electrons. The van der Waals surface area contributed by atoms with Gasteiger partial charge < -0.3 is 11.1 Å². The smallest absolute Gasteiger partial charge is 0.248 e. The van der Waals surface area contributed by atoms with E-state index in [9.17, 15) is 18.0 Å². The average Bonchev–Trinajstić information content (AvgIpc) is 2.41. The van der Waals surface area contributed by atoms with E-state index in [0.717, 1.165) is 6.42 Å². The van der Waals surface area contributed by atoms with E-state index in [1.165, 1.54) is 16.4 Å². The zero-order valence-electron chi connectivity index (χ0n) is 11.4. The third-order valence-electron chi connectivity index (χ3n) is 3.23. The normalized spacial score (nSPS) is 18.1. The fraction of sp³-hybridized carbons (Fsp3) is 0.385. The minimum absolute atomic E-state index is 0.0909. The van der Waals surface area contributed by atoms with E-state index in [4.69, 9.17) is 5.73 Å². The van der Waals surface area contributed by atoms with Gasteiger partial charge in [-0.05, 0) is 37.1 Å². The van der Waals surface area contributed by atoms with Gasteiger partial charge in [0.25, 0.3) is 0 Å². The molecule has 0 saturated carbocycles. The molecule has 1 aromatic rings. The van der Waals surface area contributed by atoms with Gasteiger partial charge in [-0.3, -0.25) is 9.59 Å². The zero-order chi connectivity index (χ0) is 15.5. The Balaban J connectivity index is 1.96. The number of hydrogen-bond acceptors (Lipinski definition) is 4. The fourth-order valence-corrected chi connectivity index (χ4v) is 3.65. The first kappa shape index (κ1) is 15.5. The van der Waals surface area contributed by atoms with Gasteiger partial charge in [-0.15, -0.1) is 0 Å². The van der Waals surface area contributed by atoms with Crippen molar-refractivity contribution in [2.75, 3.05) is 24.2 Å². The Morgan fingerprint density at radius 1 is 1.19 bits per heavy atom. The first-order valence-corrected chi connectivity index (χ1v) is 8.17. The molecule has 0 unspecified atom stereocenters. The number of carbonyl (C=O) groups excluding carboxylic acids is 2. The molecule has 0 atom stereocenters. The molecule has 0 aromatic heterocycles. The lowest BCUT2D eigenvalue weighted by molar-refractivity contribution is -0.116. The lowest BCUT2D eigenvalue weighted by atomic mass is 10.2. The molecule has 2 rings (SSSR count). The van der Waals surface area contributed by atoms with Crippen LogP contribution in [0.15, 0.2) is 24.3 Å². The Morgan fingerprint density at radius 2 is 1.86 bits per heavy atom. The Kier molecular flexibility index (Phi) is 4.59. The molecule has 1 heterocycles. The number of rotatable bonds is 4. The minimum Gasteiger partial charge on any atom is -0.366 e. The van der Waals surface area contributed by atoms with Gasteiger partial charge in [0.05, 0.1) is 12.3 Å². The first-order valence-electron chi connectivity index (χ1n) is 6.56. The summed E-state index contributed by atoms with van der Waals surface area (Å²) in [5, 5.41) is 2.60. The molecular weight excluding hydrogens is 294 g/mol. The van der Waals surface area contributed by atoms with Crippen LogP contribution in [0.2, 0.25) is 0 Å². The number of carbonyl (C=O) groups is 2. The third-order valence-corrected chi connectivity index (χ3v) is 5.13. The SMILES string of the molecule is NC(=O)c1ccc(NC(=O)CN2CCCCS2(=O)=O)cc1. The fourth-order valence-electron chi connectivity index (χ4n) is 2.10. The molecule has 1 saturated heterocycles. The predicted octanol–water partition coefficient (Wildman–Crippen LogP) is 0.150. The van der Waals surface area contributed by atoms with Crippen molar-refractivity contribution in [1.29, 1.82) is 0 Å². The molecule has 2 amide bonds. The maximum Gasteiger partial charge on any atom is 0.248 e. The molecule has 1 aromatic carbocycles. The van der Waals surface area contributed by atoms with Crippen LogP contribution in [0.25, 0.3) is 0 Å². The van der Waals surface area contributed by atoms with Crippen molar-refractivity contribution in [3.63, 3.8) is 0 Å². The maximum absolute atomic E-state index is 11.9. The van der Waals surface area contributed by atoms with Crippen LogP contribution in [0.3, 0.4) is 0 Å². The first-order chi connectivity index (χ1) is 9.88. The second-order valence-electron chi connectivity index (χ2n) is 4.85. The highest BCUT2D eigenvalue weighted by atomic mass is 32.2. The molecule has 0 spiro atoms. The quantitative estimate of drug-likeness (QED) is 0.824. The molecule has 8 heteroatoms. The van der Waals surface area contributed by atoms with Crippen molar-refractivity contribution in [3.8, 4) is 0 Å². The minimum atomic E-state index is -3.32. The van der Waals surface area contributed by atoms with Crippen molar-refractivity contribution < 1.29 is 18.0 Å². The highest BCUT2D eigenvalue weighted by Crippen LogP contribution is 2.14. The molecule has 0 aliphatic carbocycles. The Bertz CT molecular complexity index is 640. The van der Waals surface area contributed by atoms with Gasteiger partial charge in [0.2, 0.25) is 21.8 Å². The number of anilines is 1. The number of amides is 2. The van der Waals surface area contributed by atoms with Crippen molar-refractivity contribution >= 4 is 27.5 Å². The van der Waals surface area contributed by atoms with Gasteiger partial charge in [0.1, 0.15) is 0 Å². The molecule has 1 aliphatic heterocycles. The van der Waals surface area contributed by atoms with Crippen LogP contribution in [0.5, 0.6) is 0 Å². The van der Waals surface area contributed by atoms with E-state index in [-0.39, 0.29) is 12.3 Å². The number of nitrogens with two attached hydrogens (primary N) is 1. The largest absolute Gasteiger partial charge is 0.366 e. The molecule has 3 N–H and O–H groups in total. The molecule has 1 aliphatic rings. The van der Waals surface area contributed by atoms with E-state index >= 15 is 0 Å². The number of nitrogens with zero attached hydrogens (tertiary/aromatic N) is 1. The maximum atomic E-state index is 11.9. The third kappa shape index (κ3) is 4.02. The summed E-state index contributed by atoms with van der Waals surface area (Å²) >= 11 is 0. The molecule has 1 fully saturated rings. The Morgan fingerprint density at radius 3 is 2.43 bits per heavy atom. The number of hydrogen-bond donors (Lipinski definition) is 2. The lowest BCUT2D eigenvalue weighted by Gasteiger charge is -2.25. The summed E-state index contributed by atoms with van der Waals surface area (Å²) in [6.45, 7) is 0.177. The van der Waals surface area contributed by atoms with Gasteiger partial charge in [-0.2, -0.15) is 4.31 Å². The van der Waals surface area contributed by atoms with Gasteiger partial charge >= 0.3 is 0 Å². The number of benzene rings is 1. The van der Waals surface area contributed by atoms with Crippen LogP contribution in [-0.4, -0.2) is 43.4 Å². The zero-order valence-corrected chi connectivity index (χ0v) is 12.2. The topological polar surface area (TPSA) is 110 Å². The molecular formula is C13H17N3O4S. The summed E-state index contributed by atoms with van der Waals surface area (Å²) < 4.78 is 24.8. The Hall–Kier alpha value is -1.93. The summed E-state index contributed by atoms with van der Waals surface area (Å²) in [5.41, 5.74) is 5.94. The van der Waals surface area contributed by atoms with Crippen LogP contribution >= 0.6 is 0 Å². The van der Waals surface area contributed by atoms with E-state index in [1.54, 1.807) is 12.1 Å². The van der Waals surface area contributed by atoms with Crippen molar-refractivity contribution in [2.24, 2.45) is 5.73 Å². The van der Waals surface area contributed by atoms with Gasteiger partial charge in [0, 0.05) is 17.8 Å². The van der Waals surface area contributed by atoms with Crippen LogP contribution in [0.4, 0.5) is 5.69 Å². The highest BCUT2D eigenvalue weighted by molar-refractivity contribution is 7.89. The number of nitrogens with one attached hydrogen (secondary N) is 1. The molecule has 7 nitrogen and oxygen atoms in total. The second-order valence-corrected chi connectivity index (χ2v) is 6.93. The summed E-state index contributed by atoms with van der Waals surface area (Å²) in [6, 6.07) is 6.08. The van der Waals surface area contributed by atoms with E-state index < -0.39 is 21.8 Å². The van der Waals surface area contributed by atoms with Crippen molar-refractivity contribution in [3.05, 3.63) is 29.8 Å². The Labute approximate surface area is 123 Å².